The van der Waals surface area contributed by atoms with Gasteiger partial charge in [0.15, 0.2) is 5.96 Å². The van der Waals surface area contributed by atoms with E-state index in [9.17, 15) is 5.11 Å². The van der Waals surface area contributed by atoms with Crippen LogP contribution < -0.4 is 10.6 Å². The number of guanidine groups is 1. The predicted molar refractivity (Wildman–Crippen MR) is 97.2 cm³/mol. The molecule has 0 saturated carbocycles. The van der Waals surface area contributed by atoms with Crippen molar-refractivity contribution in [3.63, 3.8) is 0 Å². The SMILES string of the molecule is CCNC(=NCC(C)(O)c1ccc(C)o1)NCC1CCN(CC)C1. The lowest BCUT2D eigenvalue weighted by Crippen LogP contribution is -2.41. The molecule has 1 saturated heterocycles. The minimum absolute atomic E-state index is 0.251. The first-order valence-corrected chi connectivity index (χ1v) is 8.98. The molecule has 1 fully saturated rings. The maximum Gasteiger partial charge on any atom is 0.191 e. The number of furan rings is 1. The first-order valence-electron chi connectivity index (χ1n) is 8.98. The van der Waals surface area contributed by atoms with Gasteiger partial charge in [0, 0.05) is 19.6 Å². The molecule has 0 bridgehead atoms. The number of hydrogen-bond donors (Lipinski definition) is 3. The molecule has 136 valence electrons. The Hall–Kier alpha value is -1.53. The van der Waals surface area contributed by atoms with E-state index >= 15 is 0 Å². The standard InChI is InChI=1S/C18H32N4O2/c1-5-19-17(20-11-15-9-10-22(6-2)12-15)21-13-18(4,23)16-8-7-14(3)24-16/h7-8,15,23H,5-6,9-13H2,1-4H3,(H2,19,20,21). The average Bonchev–Trinajstić information content (AvgIpc) is 3.19. The van der Waals surface area contributed by atoms with E-state index in [4.69, 9.17) is 4.42 Å². The minimum Gasteiger partial charge on any atom is -0.463 e. The Kier molecular flexibility index (Phi) is 6.69. The highest BCUT2D eigenvalue weighted by molar-refractivity contribution is 5.79. The normalized spacial score (nSPS) is 21.7. The molecule has 0 radical (unpaired) electrons. The molecular weight excluding hydrogens is 304 g/mol. The number of aryl methyl sites for hydroxylation is 1. The van der Waals surface area contributed by atoms with Gasteiger partial charge in [-0.3, -0.25) is 0 Å². The summed E-state index contributed by atoms with van der Waals surface area (Å²) in [6.45, 7) is 13.2. The van der Waals surface area contributed by atoms with Crippen LogP contribution in [0.5, 0.6) is 0 Å². The fourth-order valence-electron chi connectivity index (χ4n) is 2.98. The second-order valence-electron chi connectivity index (χ2n) is 6.81. The molecule has 2 heterocycles. The van der Waals surface area contributed by atoms with Gasteiger partial charge in [0.1, 0.15) is 17.1 Å². The number of aliphatic imine (C=N–C) groups is 1. The molecule has 2 rings (SSSR count). The Morgan fingerprint density at radius 2 is 2.21 bits per heavy atom. The summed E-state index contributed by atoms with van der Waals surface area (Å²) in [5.74, 6) is 2.74. The van der Waals surface area contributed by atoms with Gasteiger partial charge in [-0.15, -0.1) is 0 Å². The Labute approximate surface area is 145 Å². The second-order valence-corrected chi connectivity index (χ2v) is 6.81. The molecule has 0 amide bonds. The number of nitrogens with zero attached hydrogens (tertiary/aromatic N) is 2. The second kappa shape index (κ2) is 8.53. The lowest BCUT2D eigenvalue weighted by Gasteiger charge is -2.20. The number of aliphatic hydroxyl groups is 1. The highest BCUT2D eigenvalue weighted by Gasteiger charge is 2.27. The lowest BCUT2D eigenvalue weighted by atomic mass is 10.0. The zero-order chi connectivity index (χ0) is 17.6. The van der Waals surface area contributed by atoms with Crippen LogP contribution >= 0.6 is 0 Å². The highest BCUT2D eigenvalue weighted by Crippen LogP contribution is 2.23. The van der Waals surface area contributed by atoms with Crippen molar-refractivity contribution in [1.82, 2.24) is 15.5 Å². The molecule has 0 aliphatic carbocycles. The molecule has 1 aliphatic heterocycles. The van der Waals surface area contributed by atoms with Gasteiger partial charge in [0.05, 0.1) is 6.54 Å². The topological polar surface area (TPSA) is 73.0 Å². The van der Waals surface area contributed by atoms with E-state index in [0.29, 0.717) is 11.7 Å². The molecule has 1 aliphatic rings. The minimum atomic E-state index is -1.11. The number of likely N-dealkylation sites (tertiary alicyclic amines) is 1. The van der Waals surface area contributed by atoms with Crippen molar-refractivity contribution in [2.24, 2.45) is 10.9 Å². The quantitative estimate of drug-likeness (QED) is 0.522. The summed E-state index contributed by atoms with van der Waals surface area (Å²) in [6.07, 6.45) is 1.23. The van der Waals surface area contributed by atoms with Crippen LogP contribution in [0, 0.1) is 12.8 Å². The van der Waals surface area contributed by atoms with E-state index in [1.165, 1.54) is 13.0 Å². The maximum atomic E-state index is 10.6. The molecular formula is C18H32N4O2. The molecule has 0 aromatic carbocycles. The van der Waals surface area contributed by atoms with Crippen LogP contribution in [0.15, 0.2) is 21.5 Å². The predicted octanol–water partition coefficient (Wildman–Crippen LogP) is 1.69. The van der Waals surface area contributed by atoms with Gasteiger partial charge in [-0.2, -0.15) is 0 Å². The van der Waals surface area contributed by atoms with Crippen molar-refractivity contribution in [2.45, 2.75) is 39.7 Å². The van der Waals surface area contributed by atoms with Crippen LogP contribution in [-0.2, 0) is 5.60 Å². The molecule has 24 heavy (non-hydrogen) atoms. The summed E-state index contributed by atoms with van der Waals surface area (Å²) in [6, 6.07) is 3.67. The molecule has 3 N–H and O–H groups in total. The van der Waals surface area contributed by atoms with Gasteiger partial charge >= 0.3 is 0 Å². The molecule has 1 aromatic rings. The van der Waals surface area contributed by atoms with E-state index in [2.05, 4.69) is 27.4 Å². The van der Waals surface area contributed by atoms with E-state index in [-0.39, 0.29) is 6.54 Å². The van der Waals surface area contributed by atoms with Gasteiger partial charge in [0.25, 0.3) is 0 Å². The van der Waals surface area contributed by atoms with Crippen molar-refractivity contribution < 1.29 is 9.52 Å². The van der Waals surface area contributed by atoms with Crippen molar-refractivity contribution in [3.05, 3.63) is 23.7 Å². The largest absolute Gasteiger partial charge is 0.463 e. The fourth-order valence-corrected chi connectivity index (χ4v) is 2.98. The van der Waals surface area contributed by atoms with Crippen molar-refractivity contribution in [2.75, 3.05) is 39.3 Å². The lowest BCUT2D eigenvalue weighted by molar-refractivity contribution is 0.0428. The van der Waals surface area contributed by atoms with E-state index in [1.807, 2.05) is 26.0 Å². The Morgan fingerprint density at radius 1 is 1.42 bits per heavy atom. The molecule has 0 spiro atoms. The molecule has 2 atom stereocenters. The number of hydrogen-bond acceptors (Lipinski definition) is 4. The molecule has 2 unspecified atom stereocenters. The molecule has 6 nitrogen and oxygen atoms in total. The van der Waals surface area contributed by atoms with Crippen LogP contribution in [0.1, 0.15) is 38.7 Å². The molecule has 6 heteroatoms. The first kappa shape index (κ1) is 18.8. The average molecular weight is 336 g/mol. The maximum absolute atomic E-state index is 10.6. The van der Waals surface area contributed by atoms with E-state index in [0.717, 1.165) is 37.9 Å². The van der Waals surface area contributed by atoms with Crippen molar-refractivity contribution in [3.8, 4) is 0 Å². The smallest absolute Gasteiger partial charge is 0.191 e. The van der Waals surface area contributed by atoms with Crippen LogP contribution in [0.25, 0.3) is 0 Å². The Balaban J connectivity index is 1.90. The third-order valence-electron chi connectivity index (χ3n) is 4.54. The molecule has 1 aromatic heterocycles. The summed E-state index contributed by atoms with van der Waals surface area (Å²) < 4.78 is 5.54. The zero-order valence-corrected chi connectivity index (χ0v) is 15.4. The van der Waals surface area contributed by atoms with Crippen LogP contribution in [0.3, 0.4) is 0 Å². The third kappa shape index (κ3) is 5.24. The first-order chi connectivity index (χ1) is 11.4. The third-order valence-corrected chi connectivity index (χ3v) is 4.54. The highest BCUT2D eigenvalue weighted by atomic mass is 16.4. The summed E-state index contributed by atoms with van der Waals surface area (Å²) in [4.78, 5) is 7.01. The summed E-state index contributed by atoms with van der Waals surface area (Å²) in [7, 11) is 0. The number of rotatable bonds is 7. The Morgan fingerprint density at radius 3 is 2.79 bits per heavy atom. The summed E-state index contributed by atoms with van der Waals surface area (Å²) >= 11 is 0. The monoisotopic (exact) mass is 336 g/mol. The van der Waals surface area contributed by atoms with Crippen molar-refractivity contribution in [1.29, 1.82) is 0 Å². The van der Waals surface area contributed by atoms with Crippen molar-refractivity contribution >= 4 is 5.96 Å². The van der Waals surface area contributed by atoms with Gasteiger partial charge in [-0.25, -0.2) is 4.99 Å². The Bertz CT molecular complexity index is 539. The van der Waals surface area contributed by atoms with Gasteiger partial charge in [0.2, 0.25) is 0 Å². The van der Waals surface area contributed by atoms with Gasteiger partial charge in [-0.1, -0.05) is 6.92 Å². The van der Waals surface area contributed by atoms with Crippen LogP contribution in [0.2, 0.25) is 0 Å². The number of nitrogens with one attached hydrogen (secondary N) is 2. The summed E-state index contributed by atoms with van der Waals surface area (Å²) in [5, 5.41) is 17.3. The van der Waals surface area contributed by atoms with E-state index < -0.39 is 5.60 Å². The van der Waals surface area contributed by atoms with Gasteiger partial charge < -0.3 is 25.1 Å². The van der Waals surface area contributed by atoms with Gasteiger partial charge in [-0.05, 0) is 58.3 Å². The van der Waals surface area contributed by atoms with Crippen LogP contribution in [0.4, 0.5) is 0 Å². The fraction of sp³-hybridized carbons (Fsp3) is 0.722. The zero-order valence-electron chi connectivity index (χ0n) is 15.4. The van der Waals surface area contributed by atoms with Crippen LogP contribution in [-0.4, -0.2) is 55.2 Å². The summed E-state index contributed by atoms with van der Waals surface area (Å²) in [5.41, 5.74) is -1.11. The van der Waals surface area contributed by atoms with E-state index in [1.54, 1.807) is 6.92 Å².